The van der Waals surface area contributed by atoms with Crippen molar-refractivity contribution in [2.24, 2.45) is 4.99 Å². The molecule has 1 amide bonds. The summed E-state index contributed by atoms with van der Waals surface area (Å²) in [6, 6.07) is 0.139. The fourth-order valence-corrected chi connectivity index (χ4v) is 2.41. The summed E-state index contributed by atoms with van der Waals surface area (Å²) in [6.45, 7) is 8.72. The molecule has 6 nitrogen and oxygen atoms in total. The van der Waals surface area contributed by atoms with Gasteiger partial charge in [-0.25, -0.2) is 4.98 Å². The van der Waals surface area contributed by atoms with Crippen molar-refractivity contribution in [2.45, 2.75) is 40.3 Å². The Morgan fingerprint density at radius 2 is 2.05 bits per heavy atom. The number of aromatic nitrogens is 1. The summed E-state index contributed by atoms with van der Waals surface area (Å²) in [5, 5.41) is 9.93. The molecule has 112 valence electrons. The average molecular weight is 297 g/mol. The summed E-state index contributed by atoms with van der Waals surface area (Å²) >= 11 is 1.66. The van der Waals surface area contributed by atoms with Crippen molar-refractivity contribution in [3.8, 4) is 0 Å². The number of nitrogens with zero attached hydrogens (tertiary/aromatic N) is 2. The average Bonchev–Trinajstić information content (AvgIpc) is 2.68. The van der Waals surface area contributed by atoms with Crippen LogP contribution in [-0.4, -0.2) is 36.5 Å². The number of aliphatic imine (C=N–C) groups is 1. The first kappa shape index (κ1) is 16.4. The van der Waals surface area contributed by atoms with E-state index in [9.17, 15) is 4.79 Å². The molecule has 0 aliphatic carbocycles. The smallest absolute Gasteiger partial charge is 0.239 e. The Balaban J connectivity index is 2.38. The summed E-state index contributed by atoms with van der Waals surface area (Å²) < 4.78 is 0. The van der Waals surface area contributed by atoms with E-state index in [1.165, 1.54) is 4.88 Å². The second-order valence-electron chi connectivity index (χ2n) is 4.75. The number of carbonyl (C=O) groups is 1. The van der Waals surface area contributed by atoms with Crippen LogP contribution >= 0.6 is 11.3 Å². The monoisotopic (exact) mass is 297 g/mol. The van der Waals surface area contributed by atoms with E-state index in [-0.39, 0.29) is 18.5 Å². The SMILES string of the molecule is CN=C(NCC(=O)NC(C)C)NCc1nc(C)c(C)s1. The number of carbonyl (C=O) groups excluding carboxylic acids is 1. The molecule has 1 aromatic rings. The second-order valence-corrected chi connectivity index (χ2v) is 6.04. The molecule has 0 radical (unpaired) electrons. The zero-order valence-electron chi connectivity index (χ0n) is 12.7. The van der Waals surface area contributed by atoms with Crippen LogP contribution in [0.4, 0.5) is 0 Å². The molecule has 3 N–H and O–H groups in total. The van der Waals surface area contributed by atoms with Gasteiger partial charge in [-0.3, -0.25) is 9.79 Å². The largest absolute Gasteiger partial charge is 0.352 e. The molecule has 0 atom stereocenters. The van der Waals surface area contributed by atoms with Crippen molar-refractivity contribution in [3.63, 3.8) is 0 Å². The standard InChI is InChI=1S/C13H23N5OS/c1-8(2)17-11(19)6-15-13(14-5)16-7-12-18-9(3)10(4)20-12/h8H,6-7H2,1-5H3,(H,17,19)(H2,14,15,16). The fourth-order valence-electron chi connectivity index (χ4n) is 1.53. The number of aryl methyl sites for hydroxylation is 2. The molecule has 0 saturated carbocycles. The fraction of sp³-hybridized carbons (Fsp3) is 0.615. The summed E-state index contributed by atoms with van der Waals surface area (Å²) in [5.41, 5.74) is 1.06. The summed E-state index contributed by atoms with van der Waals surface area (Å²) in [5.74, 6) is 0.540. The third-order valence-corrected chi connectivity index (χ3v) is 3.64. The predicted molar refractivity (Wildman–Crippen MR) is 83.1 cm³/mol. The van der Waals surface area contributed by atoms with Gasteiger partial charge in [0.1, 0.15) is 5.01 Å². The number of thiazole rings is 1. The molecule has 0 aromatic carbocycles. The van der Waals surface area contributed by atoms with Gasteiger partial charge >= 0.3 is 0 Å². The molecule has 0 aliphatic heterocycles. The molecular weight excluding hydrogens is 274 g/mol. The van der Waals surface area contributed by atoms with E-state index in [1.54, 1.807) is 18.4 Å². The van der Waals surface area contributed by atoms with Gasteiger partial charge in [-0.15, -0.1) is 11.3 Å². The number of hydrogen-bond acceptors (Lipinski definition) is 4. The highest BCUT2D eigenvalue weighted by Gasteiger charge is 2.07. The zero-order chi connectivity index (χ0) is 15.1. The van der Waals surface area contributed by atoms with Crippen molar-refractivity contribution in [1.82, 2.24) is 20.9 Å². The van der Waals surface area contributed by atoms with Gasteiger partial charge in [0.2, 0.25) is 5.91 Å². The van der Waals surface area contributed by atoms with Gasteiger partial charge in [0.15, 0.2) is 5.96 Å². The van der Waals surface area contributed by atoms with Gasteiger partial charge in [-0.1, -0.05) is 0 Å². The predicted octanol–water partition coefficient (Wildman–Crippen LogP) is 0.950. The minimum atomic E-state index is -0.0520. The molecule has 0 fully saturated rings. The molecule has 0 unspecified atom stereocenters. The maximum absolute atomic E-state index is 11.5. The Kier molecular flexibility index (Phi) is 6.44. The molecule has 7 heteroatoms. The van der Waals surface area contributed by atoms with E-state index in [0.717, 1.165) is 10.7 Å². The van der Waals surface area contributed by atoms with E-state index in [0.29, 0.717) is 12.5 Å². The first-order valence-corrected chi connectivity index (χ1v) is 7.40. The maximum Gasteiger partial charge on any atom is 0.239 e. The maximum atomic E-state index is 11.5. The summed E-state index contributed by atoms with van der Waals surface area (Å²) in [4.78, 5) is 21.3. The highest BCUT2D eigenvalue weighted by Crippen LogP contribution is 2.15. The molecule has 0 saturated heterocycles. The number of guanidine groups is 1. The van der Waals surface area contributed by atoms with Crippen LogP contribution in [0.3, 0.4) is 0 Å². The lowest BCUT2D eigenvalue weighted by Crippen LogP contribution is -2.44. The minimum Gasteiger partial charge on any atom is -0.352 e. The minimum absolute atomic E-state index is 0.0520. The lowest BCUT2D eigenvalue weighted by Gasteiger charge is -2.12. The molecule has 0 spiro atoms. The molecule has 20 heavy (non-hydrogen) atoms. The molecule has 0 aliphatic rings. The van der Waals surface area contributed by atoms with Crippen LogP contribution in [-0.2, 0) is 11.3 Å². The quantitative estimate of drug-likeness (QED) is 0.558. The highest BCUT2D eigenvalue weighted by molar-refractivity contribution is 7.11. The zero-order valence-corrected chi connectivity index (χ0v) is 13.5. The Labute approximate surface area is 124 Å². The third kappa shape index (κ3) is 5.56. The van der Waals surface area contributed by atoms with Crippen molar-refractivity contribution in [1.29, 1.82) is 0 Å². The molecule has 1 heterocycles. The van der Waals surface area contributed by atoms with Gasteiger partial charge in [0.25, 0.3) is 0 Å². The van der Waals surface area contributed by atoms with Gasteiger partial charge < -0.3 is 16.0 Å². The van der Waals surface area contributed by atoms with E-state index in [4.69, 9.17) is 0 Å². The molecule has 0 bridgehead atoms. The lowest BCUT2D eigenvalue weighted by atomic mass is 10.4. The van der Waals surface area contributed by atoms with Gasteiger partial charge in [-0.05, 0) is 27.7 Å². The Morgan fingerprint density at radius 1 is 1.35 bits per heavy atom. The van der Waals surface area contributed by atoms with Crippen LogP contribution in [0.25, 0.3) is 0 Å². The van der Waals surface area contributed by atoms with Gasteiger partial charge in [0, 0.05) is 18.0 Å². The van der Waals surface area contributed by atoms with Crippen molar-refractivity contribution in [3.05, 3.63) is 15.6 Å². The Morgan fingerprint density at radius 3 is 2.55 bits per heavy atom. The van der Waals surface area contributed by atoms with Crippen LogP contribution in [0.1, 0.15) is 29.4 Å². The van der Waals surface area contributed by atoms with E-state index >= 15 is 0 Å². The first-order valence-electron chi connectivity index (χ1n) is 6.59. The highest BCUT2D eigenvalue weighted by atomic mass is 32.1. The number of hydrogen-bond donors (Lipinski definition) is 3. The van der Waals surface area contributed by atoms with Crippen LogP contribution in [0.5, 0.6) is 0 Å². The van der Waals surface area contributed by atoms with Crippen molar-refractivity contribution >= 4 is 23.2 Å². The third-order valence-electron chi connectivity index (χ3n) is 2.57. The Hall–Kier alpha value is -1.63. The molecular formula is C13H23N5OS. The van der Waals surface area contributed by atoms with E-state index < -0.39 is 0 Å². The molecule has 1 rings (SSSR count). The van der Waals surface area contributed by atoms with Crippen molar-refractivity contribution in [2.75, 3.05) is 13.6 Å². The van der Waals surface area contributed by atoms with Crippen LogP contribution < -0.4 is 16.0 Å². The van der Waals surface area contributed by atoms with E-state index in [2.05, 4.69) is 32.9 Å². The van der Waals surface area contributed by atoms with Crippen LogP contribution in [0.2, 0.25) is 0 Å². The number of nitrogens with one attached hydrogen (secondary N) is 3. The van der Waals surface area contributed by atoms with Gasteiger partial charge in [0.05, 0.1) is 18.8 Å². The van der Waals surface area contributed by atoms with Crippen LogP contribution in [0, 0.1) is 13.8 Å². The Bertz CT molecular complexity index is 462. The van der Waals surface area contributed by atoms with Gasteiger partial charge in [-0.2, -0.15) is 0 Å². The van der Waals surface area contributed by atoms with E-state index in [1.807, 2.05) is 20.8 Å². The normalized spacial score (nSPS) is 11.6. The number of rotatable bonds is 5. The van der Waals surface area contributed by atoms with Crippen LogP contribution in [0.15, 0.2) is 4.99 Å². The van der Waals surface area contributed by atoms with Crippen molar-refractivity contribution < 1.29 is 4.79 Å². The second kappa shape index (κ2) is 7.84. The first-order chi connectivity index (χ1) is 9.42. The topological polar surface area (TPSA) is 78.4 Å². The number of amides is 1. The molecule has 1 aromatic heterocycles. The lowest BCUT2D eigenvalue weighted by molar-refractivity contribution is -0.120. The summed E-state index contributed by atoms with van der Waals surface area (Å²) in [6.07, 6.45) is 0. The summed E-state index contributed by atoms with van der Waals surface area (Å²) in [7, 11) is 1.67.